The number of hydrogen-bond acceptors (Lipinski definition) is 6. The third kappa shape index (κ3) is 5.69. The van der Waals surface area contributed by atoms with Crippen molar-refractivity contribution in [1.29, 1.82) is 0 Å². The third-order valence-electron chi connectivity index (χ3n) is 5.57. The van der Waals surface area contributed by atoms with Gasteiger partial charge in [-0.25, -0.2) is 4.98 Å². The fraction of sp³-hybridized carbons (Fsp3) is 0.360. The van der Waals surface area contributed by atoms with Gasteiger partial charge in [-0.2, -0.15) is 0 Å². The molecule has 7 nitrogen and oxygen atoms in total. The van der Waals surface area contributed by atoms with Gasteiger partial charge in [0, 0.05) is 30.5 Å². The summed E-state index contributed by atoms with van der Waals surface area (Å²) in [6.45, 7) is 3.39. The van der Waals surface area contributed by atoms with Crippen LogP contribution >= 0.6 is 11.8 Å². The summed E-state index contributed by atoms with van der Waals surface area (Å²) in [5, 5.41) is 3.40. The molecule has 1 aromatic heterocycles. The van der Waals surface area contributed by atoms with E-state index in [4.69, 9.17) is 14.2 Å². The van der Waals surface area contributed by atoms with Gasteiger partial charge in [-0.15, -0.1) is 0 Å². The summed E-state index contributed by atoms with van der Waals surface area (Å²) in [6, 6.07) is 15.5. The molecule has 0 saturated carbocycles. The number of aromatic nitrogens is 2. The standard InChI is InChI=1S/C25H29N3O4S/c1-17(24(29)27-19-12-21(30-2)14-22(13-19)31-3)33-25-26-15-23(18-8-5-4-6-9-18)28(25)16-20-10-7-11-32-20/h4-6,8-9,12-15,17,20H,7,10-11,16H2,1-3H3,(H,27,29). The van der Waals surface area contributed by atoms with Gasteiger partial charge in [0.1, 0.15) is 11.5 Å². The summed E-state index contributed by atoms with van der Waals surface area (Å²) in [7, 11) is 3.16. The molecular weight excluding hydrogens is 438 g/mol. The summed E-state index contributed by atoms with van der Waals surface area (Å²) < 4.78 is 18.7. The van der Waals surface area contributed by atoms with Crippen LogP contribution in [0.5, 0.6) is 11.5 Å². The third-order valence-corrected chi connectivity index (χ3v) is 6.67. The topological polar surface area (TPSA) is 74.6 Å². The number of ether oxygens (including phenoxy) is 3. The number of hydrogen-bond donors (Lipinski definition) is 1. The van der Waals surface area contributed by atoms with Crippen LogP contribution in [0.4, 0.5) is 5.69 Å². The second kappa shape index (κ2) is 10.8. The molecule has 4 rings (SSSR count). The molecule has 1 saturated heterocycles. The van der Waals surface area contributed by atoms with Crippen LogP contribution in [-0.4, -0.2) is 47.6 Å². The highest BCUT2D eigenvalue weighted by Gasteiger charge is 2.24. The molecule has 2 heterocycles. The highest BCUT2D eigenvalue weighted by molar-refractivity contribution is 8.00. The van der Waals surface area contributed by atoms with Crippen molar-refractivity contribution in [3.63, 3.8) is 0 Å². The predicted molar refractivity (Wildman–Crippen MR) is 130 cm³/mol. The number of rotatable bonds is 9. The minimum atomic E-state index is -0.364. The van der Waals surface area contributed by atoms with Gasteiger partial charge in [0.25, 0.3) is 0 Å². The maximum absolute atomic E-state index is 13.0. The average Bonchev–Trinajstić information content (AvgIpc) is 3.50. The van der Waals surface area contributed by atoms with Crippen molar-refractivity contribution in [3.8, 4) is 22.8 Å². The van der Waals surface area contributed by atoms with Crippen molar-refractivity contribution >= 4 is 23.4 Å². The maximum Gasteiger partial charge on any atom is 0.237 e. The monoisotopic (exact) mass is 467 g/mol. The minimum absolute atomic E-state index is 0.122. The molecular formula is C25H29N3O4S. The van der Waals surface area contributed by atoms with Crippen molar-refractivity contribution < 1.29 is 19.0 Å². The van der Waals surface area contributed by atoms with Gasteiger partial charge in [-0.3, -0.25) is 4.79 Å². The molecule has 2 unspecified atom stereocenters. The first-order valence-electron chi connectivity index (χ1n) is 11.0. The number of anilines is 1. The van der Waals surface area contributed by atoms with E-state index >= 15 is 0 Å². The Labute approximate surface area is 198 Å². The van der Waals surface area contributed by atoms with E-state index < -0.39 is 0 Å². The van der Waals surface area contributed by atoms with Crippen molar-refractivity contribution in [2.45, 2.75) is 42.8 Å². The zero-order valence-electron chi connectivity index (χ0n) is 19.1. The zero-order valence-corrected chi connectivity index (χ0v) is 19.9. The lowest BCUT2D eigenvalue weighted by atomic mass is 10.1. The second-order valence-electron chi connectivity index (χ2n) is 7.89. The highest BCUT2D eigenvalue weighted by atomic mass is 32.2. The highest BCUT2D eigenvalue weighted by Crippen LogP contribution is 2.31. The Morgan fingerprint density at radius 2 is 1.94 bits per heavy atom. The lowest BCUT2D eigenvalue weighted by Crippen LogP contribution is -2.23. The first-order chi connectivity index (χ1) is 16.1. The summed E-state index contributed by atoms with van der Waals surface area (Å²) in [5.74, 6) is 1.11. The molecule has 33 heavy (non-hydrogen) atoms. The van der Waals surface area contributed by atoms with E-state index in [0.29, 0.717) is 23.7 Å². The van der Waals surface area contributed by atoms with Gasteiger partial charge >= 0.3 is 0 Å². The molecule has 8 heteroatoms. The zero-order chi connectivity index (χ0) is 23.2. The van der Waals surface area contributed by atoms with E-state index in [9.17, 15) is 4.79 Å². The van der Waals surface area contributed by atoms with Crippen LogP contribution in [0.3, 0.4) is 0 Å². The Kier molecular flexibility index (Phi) is 7.57. The maximum atomic E-state index is 13.0. The molecule has 0 radical (unpaired) electrons. The summed E-state index contributed by atoms with van der Waals surface area (Å²) in [6.07, 6.45) is 4.15. The Balaban J connectivity index is 1.53. The molecule has 1 N–H and O–H groups in total. The number of benzene rings is 2. The van der Waals surface area contributed by atoms with E-state index in [1.165, 1.54) is 11.8 Å². The number of carbonyl (C=O) groups is 1. The molecule has 3 aromatic rings. The van der Waals surface area contributed by atoms with E-state index in [1.54, 1.807) is 32.4 Å². The van der Waals surface area contributed by atoms with E-state index in [0.717, 1.165) is 35.9 Å². The fourth-order valence-electron chi connectivity index (χ4n) is 3.80. The Hall–Kier alpha value is -2.97. The molecule has 0 spiro atoms. The molecule has 2 aromatic carbocycles. The van der Waals surface area contributed by atoms with Gasteiger partial charge in [-0.05, 0) is 25.3 Å². The van der Waals surface area contributed by atoms with Crippen LogP contribution in [-0.2, 0) is 16.1 Å². The quantitative estimate of drug-likeness (QED) is 0.453. The van der Waals surface area contributed by atoms with Crippen molar-refractivity contribution in [2.75, 3.05) is 26.1 Å². The van der Waals surface area contributed by atoms with Crippen LogP contribution in [0, 0.1) is 0 Å². The van der Waals surface area contributed by atoms with Crippen LogP contribution in [0.25, 0.3) is 11.3 Å². The van der Waals surface area contributed by atoms with Gasteiger partial charge in [0.2, 0.25) is 5.91 Å². The predicted octanol–water partition coefficient (Wildman–Crippen LogP) is 4.87. The first-order valence-corrected chi connectivity index (χ1v) is 11.9. The fourth-order valence-corrected chi connectivity index (χ4v) is 4.69. The average molecular weight is 468 g/mol. The van der Waals surface area contributed by atoms with Crippen molar-refractivity contribution in [3.05, 3.63) is 54.7 Å². The summed E-state index contributed by atoms with van der Waals surface area (Å²) in [4.78, 5) is 17.6. The Bertz CT molecular complexity index is 1060. The number of nitrogens with zero attached hydrogens (tertiary/aromatic N) is 2. The van der Waals surface area contributed by atoms with E-state index in [2.05, 4.69) is 27.0 Å². The van der Waals surface area contributed by atoms with Crippen molar-refractivity contribution in [2.24, 2.45) is 0 Å². The molecule has 1 fully saturated rings. The number of nitrogens with one attached hydrogen (secondary N) is 1. The lowest BCUT2D eigenvalue weighted by molar-refractivity contribution is -0.115. The second-order valence-corrected chi connectivity index (χ2v) is 9.20. The molecule has 2 atom stereocenters. The molecule has 1 aliphatic rings. The lowest BCUT2D eigenvalue weighted by Gasteiger charge is -2.18. The van der Waals surface area contributed by atoms with Crippen LogP contribution in [0.15, 0.2) is 59.9 Å². The summed E-state index contributed by atoms with van der Waals surface area (Å²) in [5.41, 5.74) is 2.74. The SMILES string of the molecule is COc1cc(NC(=O)C(C)Sc2ncc(-c3ccccc3)n2CC2CCCO2)cc(OC)c1. The molecule has 0 bridgehead atoms. The molecule has 1 amide bonds. The normalized spacial score (nSPS) is 16.4. The number of methoxy groups -OCH3 is 2. The van der Waals surface area contributed by atoms with Crippen LogP contribution in [0.2, 0.25) is 0 Å². The van der Waals surface area contributed by atoms with Gasteiger partial charge in [0.05, 0.1) is 44.0 Å². The number of imidazole rings is 1. The number of thioether (sulfide) groups is 1. The minimum Gasteiger partial charge on any atom is -0.497 e. The smallest absolute Gasteiger partial charge is 0.237 e. The number of carbonyl (C=O) groups excluding carboxylic acids is 1. The molecule has 1 aliphatic heterocycles. The first kappa shape index (κ1) is 23.2. The van der Waals surface area contributed by atoms with Crippen LogP contribution in [0.1, 0.15) is 19.8 Å². The molecule has 0 aliphatic carbocycles. The van der Waals surface area contributed by atoms with Gasteiger partial charge < -0.3 is 24.1 Å². The van der Waals surface area contributed by atoms with Gasteiger partial charge in [0.15, 0.2) is 5.16 Å². The van der Waals surface area contributed by atoms with Gasteiger partial charge in [-0.1, -0.05) is 42.1 Å². The largest absolute Gasteiger partial charge is 0.497 e. The molecule has 174 valence electrons. The Morgan fingerprint density at radius 1 is 1.21 bits per heavy atom. The van der Waals surface area contributed by atoms with E-state index in [-0.39, 0.29) is 17.3 Å². The Morgan fingerprint density at radius 3 is 2.58 bits per heavy atom. The number of amides is 1. The van der Waals surface area contributed by atoms with Crippen LogP contribution < -0.4 is 14.8 Å². The van der Waals surface area contributed by atoms with Crippen molar-refractivity contribution in [1.82, 2.24) is 9.55 Å². The van der Waals surface area contributed by atoms with E-state index in [1.807, 2.05) is 31.3 Å². The summed E-state index contributed by atoms with van der Waals surface area (Å²) >= 11 is 1.44.